The van der Waals surface area contributed by atoms with E-state index in [2.05, 4.69) is 58.4 Å². The van der Waals surface area contributed by atoms with Crippen LogP contribution in [0.15, 0.2) is 66.7 Å². The Balaban J connectivity index is 1.33. The summed E-state index contributed by atoms with van der Waals surface area (Å²) in [6, 6.07) is 22.9. The number of nitrogens with zero attached hydrogens (tertiary/aromatic N) is 2. The van der Waals surface area contributed by atoms with Crippen molar-refractivity contribution in [3.63, 3.8) is 0 Å². The first kappa shape index (κ1) is 22.8. The molecule has 5 nitrogen and oxygen atoms in total. The molecule has 0 aliphatic carbocycles. The van der Waals surface area contributed by atoms with Gasteiger partial charge in [0.15, 0.2) is 0 Å². The second-order valence-corrected chi connectivity index (χ2v) is 8.36. The van der Waals surface area contributed by atoms with Gasteiger partial charge in [-0.15, -0.1) is 0 Å². The van der Waals surface area contributed by atoms with E-state index in [0.717, 1.165) is 67.7 Å². The van der Waals surface area contributed by atoms with Crippen molar-refractivity contribution in [2.24, 2.45) is 0 Å². The van der Waals surface area contributed by atoms with Gasteiger partial charge in [-0.25, -0.2) is 4.98 Å². The molecule has 5 heteroatoms. The molecule has 1 N–H and O–H groups in total. The van der Waals surface area contributed by atoms with Crippen LogP contribution < -0.4 is 10.1 Å². The van der Waals surface area contributed by atoms with Crippen LogP contribution in [0.4, 0.5) is 0 Å². The summed E-state index contributed by atoms with van der Waals surface area (Å²) in [7, 11) is 0. The maximum atomic E-state index is 11.4. The van der Waals surface area contributed by atoms with Gasteiger partial charge in [-0.05, 0) is 42.8 Å². The molecule has 0 fully saturated rings. The first-order chi connectivity index (χ1) is 16.3. The van der Waals surface area contributed by atoms with Crippen LogP contribution in [0.25, 0.3) is 21.8 Å². The smallest absolute Gasteiger partial charge is 0.219 e. The van der Waals surface area contributed by atoms with Crippen LogP contribution in [0, 0.1) is 0 Å². The van der Waals surface area contributed by atoms with E-state index in [1.807, 2.05) is 25.1 Å². The number of unbranched alkanes of at least 4 members (excludes halogenated alkanes) is 2. The molecule has 4 aromatic rings. The van der Waals surface area contributed by atoms with Crippen molar-refractivity contribution < 1.29 is 9.53 Å². The maximum absolute atomic E-state index is 11.4. The van der Waals surface area contributed by atoms with Gasteiger partial charge in [-0.2, -0.15) is 0 Å². The molecule has 0 unspecified atom stereocenters. The Morgan fingerprint density at radius 3 is 2.67 bits per heavy atom. The number of amides is 1. The monoisotopic (exact) mass is 443 g/mol. The fourth-order valence-electron chi connectivity index (χ4n) is 4.23. The fraction of sp³-hybridized carbons (Fsp3) is 0.357. The van der Waals surface area contributed by atoms with Gasteiger partial charge in [-0.3, -0.25) is 4.79 Å². The standard InChI is InChI=1S/C28H33N3O2/c1-2-28(32)29-19-9-3-4-18-27-30-24-15-7-8-16-25(24)31(27)20-11-21-33-26-17-10-13-22-12-5-6-14-23(22)26/h5-8,10,12-17H,2-4,9,11,18-21H2,1H3,(H,29,32). The molecule has 3 aromatic carbocycles. The number of benzene rings is 3. The largest absolute Gasteiger partial charge is 0.493 e. The molecule has 0 atom stereocenters. The summed E-state index contributed by atoms with van der Waals surface area (Å²) >= 11 is 0. The Labute approximate surface area is 195 Å². The highest BCUT2D eigenvalue weighted by atomic mass is 16.5. The van der Waals surface area contributed by atoms with E-state index in [0.29, 0.717) is 13.0 Å². The summed E-state index contributed by atoms with van der Waals surface area (Å²) in [5.41, 5.74) is 2.24. The molecule has 4 rings (SSSR count). The zero-order chi connectivity index (χ0) is 22.9. The second-order valence-electron chi connectivity index (χ2n) is 8.36. The number of hydrogen-bond donors (Lipinski definition) is 1. The Bertz CT molecular complexity index is 1190. The number of nitrogens with one attached hydrogen (secondary N) is 1. The highest BCUT2D eigenvalue weighted by Gasteiger charge is 2.10. The van der Waals surface area contributed by atoms with E-state index in [1.165, 1.54) is 10.9 Å². The summed E-state index contributed by atoms with van der Waals surface area (Å²) in [6.45, 7) is 4.19. The van der Waals surface area contributed by atoms with Crippen molar-refractivity contribution in [3.05, 3.63) is 72.6 Å². The van der Waals surface area contributed by atoms with Crippen molar-refractivity contribution in [1.29, 1.82) is 0 Å². The highest BCUT2D eigenvalue weighted by Crippen LogP contribution is 2.25. The number of ether oxygens (including phenoxy) is 1. The molecule has 0 bridgehead atoms. The van der Waals surface area contributed by atoms with E-state index in [4.69, 9.17) is 9.72 Å². The summed E-state index contributed by atoms with van der Waals surface area (Å²) in [5.74, 6) is 2.21. The Hall–Kier alpha value is -3.34. The summed E-state index contributed by atoms with van der Waals surface area (Å²) in [4.78, 5) is 16.3. The van der Waals surface area contributed by atoms with Gasteiger partial charge in [0.1, 0.15) is 11.6 Å². The number of fused-ring (bicyclic) bond motifs is 2. The zero-order valence-corrected chi connectivity index (χ0v) is 19.4. The lowest BCUT2D eigenvalue weighted by Gasteiger charge is -2.12. The van der Waals surface area contributed by atoms with Crippen LogP contribution in [0.1, 0.15) is 44.9 Å². The molecule has 1 aromatic heterocycles. The van der Waals surface area contributed by atoms with Crippen molar-refractivity contribution in [1.82, 2.24) is 14.9 Å². The van der Waals surface area contributed by atoms with Gasteiger partial charge in [0.2, 0.25) is 5.91 Å². The summed E-state index contributed by atoms with van der Waals surface area (Å²) < 4.78 is 8.50. The van der Waals surface area contributed by atoms with Crippen LogP contribution in [0.2, 0.25) is 0 Å². The first-order valence-electron chi connectivity index (χ1n) is 12.1. The van der Waals surface area contributed by atoms with Crippen molar-refractivity contribution >= 4 is 27.7 Å². The molecule has 0 saturated heterocycles. The minimum Gasteiger partial charge on any atom is -0.493 e. The number of para-hydroxylation sites is 2. The molecule has 1 amide bonds. The van der Waals surface area contributed by atoms with Crippen LogP contribution in [-0.2, 0) is 17.8 Å². The predicted molar refractivity (Wildman–Crippen MR) is 135 cm³/mol. The Morgan fingerprint density at radius 1 is 0.939 bits per heavy atom. The summed E-state index contributed by atoms with van der Waals surface area (Å²) in [6.07, 6.45) is 5.56. The molecule has 0 saturated carbocycles. The number of carbonyl (C=O) groups is 1. The molecule has 0 spiro atoms. The third-order valence-electron chi connectivity index (χ3n) is 5.99. The van der Waals surface area contributed by atoms with Gasteiger partial charge >= 0.3 is 0 Å². The SMILES string of the molecule is CCC(=O)NCCCCCc1nc2ccccc2n1CCCOc1cccc2ccccc12. The van der Waals surface area contributed by atoms with E-state index in [9.17, 15) is 4.79 Å². The Morgan fingerprint density at radius 2 is 1.76 bits per heavy atom. The molecule has 33 heavy (non-hydrogen) atoms. The molecule has 0 radical (unpaired) electrons. The van der Waals surface area contributed by atoms with Gasteiger partial charge in [-0.1, -0.05) is 61.9 Å². The lowest BCUT2D eigenvalue weighted by molar-refractivity contribution is -0.120. The number of carbonyl (C=O) groups excluding carboxylic acids is 1. The van der Waals surface area contributed by atoms with Gasteiger partial charge < -0.3 is 14.6 Å². The minimum atomic E-state index is 0.127. The van der Waals surface area contributed by atoms with E-state index < -0.39 is 0 Å². The van der Waals surface area contributed by atoms with E-state index >= 15 is 0 Å². The minimum absolute atomic E-state index is 0.127. The highest BCUT2D eigenvalue weighted by molar-refractivity contribution is 5.88. The van der Waals surface area contributed by atoms with Crippen LogP contribution in [0.5, 0.6) is 5.75 Å². The normalized spacial score (nSPS) is 11.2. The van der Waals surface area contributed by atoms with E-state index in [1.54, 1.807) is 0 Å². The molecule has 1 heterocycles. The predicted octanol–water partition coefficient (Wildman–Crippen LogP) is 5.90. The number of aryl methyl sites for hydroxylation is 2. The summed E-state index contributed by atoms with van der Waals surface area (Å²) in [5, 5.41) is 5.31. The number of aromatic nitrogens is 2. The van der Waals surface area contributed by atoms with Gasteiger partial charge in [0, 0.05) is 31.3 Å². The fourth-order valence-corrected chi connectivity index (χ4v) is 4.23. The zero-order valence-electron chi connectivity index (χ0n) is 19.4. The lowest BCUT2D eigenvalue weighted by atomic mass is 10.1. The number of imidazole rings is 1. The van der Waals surface area contributed by atoms with Crippen molar-refractivity contribution in [2.75, 3.05) is 13.2 Å². The molecule has 172 valence electrons. The van der Waals surface area contributed by atoms with Crippen molar-refractivity contribution in [2.45, 2.75) is 52.0 Å². The quantitative estimate of drug-likeness (QED) is 0.277. The number of hydrogen-bond acceptors (Lipinski definition) is 3. The second kappa shape index (κ2) is 11.5. The number of rotatable bonds is 12. The van der Waals surface area contributed by atoms with Crippen LogP contribution >= 0.6 is 0 Å². The van der Waals surface area contributed by atoms with E-state index in [-0.39, 0.29) is 5.91 Å². The lowest BCUT2D eigenvalue weighted by Crippen LogP contribution is -2.23. The molecule has 0 aliphatic rings. The molecule has 0 aliphatic heterocycles. The van der Waals surface area contributed by atoms with Crippen molar-refractivity contribution in [3.8, 4) is 5.75 Å². The topological polar surface area (TPSA) is 56.2 Å². The Kier molecular flexibility index (Phi) is 7.96. The van der Waals surface area contributed by atoms with Crippen LogP contribution in [0.3, 0.4) is 0 Å². The first-order valence-corrected chi connectivity index (χ1v) is 12.1. The average Bonchev–Trinajstić information content (AvgIpc) is 3.21. The van der Waals surface area contributed by atoms with Crippen LogP contribution in [-0.4, -0.2) is 28.6 Å². The third kappa shape index (κ3) is 5.92. The third-order valence-corrected chi connectivity index (χ3v) is 5.99. The molecular weight excluding hydrogens is 410 g/mol. The van der Waals surface area contributed by atoms with Gasteiger partial charge in [0.05, 0.1) is 17.6 Å². The molecular formula is C28H33N3O2. The maximum Gasteiger partial charge on any atom is 0.219 e. The average molecular weight is 444 g/mol. The van der Waals surface area contributed by atoms with Gasteiger partial charge in [0.25, 0.3) is 0 Å².